The average Bonchev–Trinajstić information content (AvgIpc) is 3.29. The molecule has 0 aliphatic carbocycles. The fourth-order valence-corrected chi connectivity index (χ4v) is 4.88. The molecule has 2 aromatic carbocycles. The minimum atomic E-state index is -4.54. The first-order valence-electron chi connectivity index (χ1n) is 9.74. The summed E-state index contributed by atoms with van der Waals surface area (Å²) in [7, 11) is -3.96. The highest BCUT2D eigenvalue weighted by molar-refractivity contribution is 7.89. The zero-order valence-corrected chi connectivity index (χ0v) is 17.5. The highest BCUT2D eigenvalue weighted by Crippen LogP contribution is 2.30. The number of nitrogens with zero attached hydrogens (tertiary/aromatic N) is 3. The number of amides is 1. The normalized spacial score (nSPS) is 15.7. The maximum Gasteiger partial charge on any atom is 0.416 e. The van der Waals surface area contributed by atoms with Crippen LogP contribution in [0.3, 0.4) is 0 Å². The van der Waals surface area contributed by atoms with E-state index in [2.05, 4.69) is 10.2 Å². The molecule has 1 N–H and O–H groups in total. The molecule has 168 valence electrons. The van der Waals surface area contributed by atoms with Gasteiger partial charge in [-0.25, -0.2) is 8.42 Å². The quantitative estimate of drug-likeness (QED) is 0.642. The number of alkyl halides is 3. The van der Waals surface area contributed by atoms with Crippen molar-refractivity contribution in [3.8, 4) is 11.3 Å². The number of carbonyl (C=O) groups is 1. The predicted molar refractivity (Wildman–Crippen MR) is 110 cm³/mol. The molecule has 0 spiro atoms. The SMILES string of the molecule is O=C(c1cc(-c2ccccc2)n[nH]1)N1CCN(S(=O)(=O)c2ccc(C(F)(F)F)cc2)CC1. The molecule has 3 aromatic rings. The van der Waals surface area contributed by atoms with Gasteiger partial charge in [0.25, 0.3) is 5.91 Å². The van der Waals surface area contributed by atoms with Crippen LogP contribution in [0.25, 0.3) is 11.3 Å². The van der Waals surface area contributed by atoms with Crippen LogP contribution in [0, 0.1) is 0 Å². The Kier molecular flexibility index (Phi) is 5.78. The maximum absolute atomic E-state index is 12.8. The fourth-order valence-electron chi connectivity index (χ4n) is 3.45. The van der Waals surface area contributed by atoms with Gasteiger partial charge in [0.15, 0.2) is 0 Å². The van der Waals surface area contributed by atoms with Crippen LogP contribution in [0.4, 0.5) is 13.2 Å². The number of sulfonamides is 1. The summed E-state index contributed by atoms with van der Waals surface area (Å²) < 4.78 is 64.9. The van der Waals surface area contributed by atoms with Crippen LogP contribution in [0.2, 0.25) is 0 Å². The van der Waals surface area contributed by atoms with Crippen LogP contribution in [0.15, 0.2) is 65.6 Å². The van der Waals surface area contributed by atoms with Crippen molar-refractivity contribution >= 4 is 15.9 Å². The first kappa shape index (κ1) is 22.0. The first-order valence-corrected chi connectivity index (χ1v) is 11.2. The van der Waals surface area contributed by atoms with Crippen molar-refractivity contribution in [3.05, 3.63) is 71.9 Å². The van der Waals surface area contributed by atoms with E-state index in [9.17, 15) is 26.4 Å². The lowest BCUT2D eigenvalue weighted by Crippen LogP contribution is -2.50. The largest absolute Gasteiger partial charge is 0.416 e. The molecule has 0 saturated carbocycles. The molecule has 0 atom stereocenters. The number of aromatic amines is 1. The van der Waals surface area contributed by atoms with Crippen LogP contribution < -0.4 is 0 Å². The Morgan fingerprint density at radius 2 is 1.56 bits per heavy atom. The highest BCUT2D eigenvalue weighted by Gasteiger charge is 2.33. The molecule has 1 saturated heterocycles. The van der Waals surface area contributed by atoms with Gasteiger partial charge in [-0.1, -0.05) is 30.3 Å². The molecule has 1 aliphatic heterocycles. The minimum absolute atomic E-state index is 0.0365. The summed E-state index contributed by atoms with van der Waals surface area (Å²) in [6.45, 7) is 0.375. The Hall–Kier alpha value is -3.18. The van der Waals surface area contributed by atoms with Crippen molar-refractivity contribution < 1.29 is 26.4 Å². The molecule has 32 heavy (non-hydrogen) atoms. The summed E-state index contributed by atoms with van der Waals surface area (Å²) in [6.07, 6.45) is -4.54. The number of benzene rings is 2. The molecular formula is C21H19F3N4O3S. The fraction of sp³-hybridized carbons (Fsp3) is 0.238. The summed E-state index contributed by atoms with van der Waals surface area (Å²) in [4.78, 5) is 14.1. The van der Waals surface area contributed by atoms with Crippen molar-refractivity contribution in [1.82, 2.24) is 19.4 Å². The van der Waals surface area contributed by atoms with Gasteiger partial charge in [0.05, 0.1) is 16.2 Å². The van der Waals surface area contributed by atoms with Crippen LogP contribution in [-0.2, 0) is 16.2 Å². The van der Waals surface area contributed by atoms with Gasteiger partial charge >= 0.3 is 6.18 Å². The van der Waals surface area contributed by atoms with Gasteiger partial charge in [-0.2, -0.15) is 22.6 Å². The second-order valence-corrected chi connectivity index (χ2v) is 9.19. The molecule has 4 rings (SSSR count). The third-order valence-corrected chi connectivity index (χ3v) is 7.14. The molecule has 1 aromatic heterocycles. The Morgan fingerprint density at radius 3 is 2.16 bits per heavy atom. The third-order valence-electron chi connectivity index (χ3n) is 5.22. The van der Waals surface area contributed by atoms with E-state index in [-0.39, 0.29) is 37.0 Å². The zero-order chi connectivity index (χ0) is 22.9. The monoisotopic (exact) mass is 464 g/mol. The number of rotatable bonds is 4. The van der Waals surface area contributed by atoms with Crippen LogP contribution in [0.5, 0.6) is 0 Å². The van der Waals surface area contributed by atoms with Gasteiger partial charge in [-0.3, -0.25) is 9.89 Å². The number of piperazine rings is 1. The first-order chi connectivity index (χ1) is 15.2. The van der Waals surface area contributed by atoms with Crippen molar-refractivity contribution in [1.29, 1.82) is 0 Å². The maximum atomic E-state index is 12.8. The molecule has 11 heteroatoms. The summed E-state index contributed by atoms with van der Waals surface area (Å²) in [6, 6.07) is 14.4. The number of hydrogen-bond acceptors (Lipinski definition) is 4. The molecular weight excluding hydrogens is 445 g/mol. The average molecular weight is 464 g/mol. The van der Waals surface area contributed by atoms with Gasteiger partial charge in [-0.15, -0.1) is 0 Å². The van der Waals surface area contributed by atoms with E-state index in [0.29, 0.717) is 11.4 Å². The van der Waals surface area contributed by atoms with Gasteiger partial charge in [0.2, 0.25) is 10.0 Å². The van der Waals surface area contributed by atoms with E-state index in [1.807, 2.05) is 30.3 Å². The van der Waals surface area contributed by atoms with Crippen molar-refractivity contribution in [2.45, 2.75) is 11.1 Å². The summed E-state index contributed by atoms with van der Waals surface area (Å²) in [5.41, 5.74) is 0.858. The van der Waals surface area contributed by atoms with Gasteiger partial charge in [0.1, 0.15) is 5.69 Å². The van der Waals surface area contributed by atoms with E-state index < -0.39 is 21.8 Å². The van der Waals surface area contributed by atoms with Crippen LogP contribution in [0.1, 0.15) is 16.1 Å². The number of halogens is 3. The van der Waals surface area contributed by atoms with Crippen LogP contribution in [-0.4, -0.2) is 59.9 Å². The lowest BCUT2D eigenvalue weighted by atomic mass is 10.1. The van der Waals surface area contributed by atoms with Crippen molar-refractivity contribution in [2.24, 2.45) is 0 Å². The second kappa shape index (κ2) is 8.40. The summed E-state index contributed by atoms with van der Waals surface area (Å²) in [5, 5.41) is 6.88. The number of aromatic nitrogens is 2. The Bertz CT molecular complexity index is 1200. The van der Waals surface area contributed by atoms with E-state index >= 15 is 0 Å². The molecule has 7 nitrogen and oxygen atoms in total. The molecule has 1 fully saturated rings. The summed E-state index contributed by atoms with van der Waals surface area (Å²) in [5.74, 6) is -0.300. The summed E-state index contributed by atoms with van der Waals surface area (Å²) >= 11 is 0. The zero-order valence-electron chi connectivity index (χ0n) is 16.7. The van der Waals surface area contributed by atoms with Gasteiger partial charge in [-0.05, 0) is 30.3 Å². The Labute approximate surface area is 182 Å². The minimum Gasteiger partial charge on any atom is -0.335 e. The Morgan fingerprint density at radius 1 is 0.938 bits per heavy atom. The third kappa shape index (κ3) is 4.39. The number of carbonyl (C=O) groups excluding carboxylic acids is 1. The molecule has 1 aliphatic rings. The molecule has 0 bridgehead atoms. The van der Waals surface area contributed by atoms with Gasteiger partial charge in [0, 0.05) is 31.7 Å². The molecule has 0 radical (unpaired) electrons. The molecule has 0 unspecified atom stereocenters. The Balaban J connectivity index is 1.41. The lowest BCUT2D eigenvalue weighted by molar-refractivity contribution is -0.137. The predicted octanol–water partition coefficient (Wildman–Crippen LogP) is 3.24. The van der Waals surface area contributed by atoms with Crippen LogP contribution >= 0.6 is 0 Å². The van der Waals surface area contributed by atoms with E-state index in [1.165, 1.54) is 9.21 Å². The van der Waals surface area contributed by atoms with Gasteiger partial charge < -0.3 is 4.90 Å². The lowest BCUT2D eigenvalue weighted by Gasteiger charge is -2.33. The number of nitrogens with one attached hydrogen (secondary N) is 1. The molecule has 1 amide bonds. The van der Waals surface area contributed by atoms with E-state index in [0.717, 1.165) is 29.8 Å². The standard InChI is InChI=1S/C21H19F3N4O3S/c22-21(23,24)16-6-8-17(9-7-16)32(30,31)28-12-10-27(11-13-28)20(29)19-14-18(25-26-19)15-4-2-1-3-5-15/h1-9,14H,10-13H2,(H,25,26). The smallest absolute Gasteiger partial charge is 0.335 e. The number of H-pyrrole nitrogens is 1. The highest BCUT2D eigenvalue weighted by atomic mass is 32.2. The van der Waals surface area contributed by atoms with E-state index in [1.54, 1.807) is 6.07 Å². The second-order valence-electron chi connectivity index (χ2n) is 7.25. The molecule has 2 heterocycles. The van der Waals surface area contributed by atoms with Crippen molar-refractivity contribution in [2.75, 3.05) is 26.2 Å². The van der Waals surface area contributed by atoms with E-state index in [4.69, 9.17) is 0 Å². The van der Waals surface area contributed by atoms with Crippen molar-refractivity contribution in [3.63, 3.8) is 0 Å². The number of hydrogen-bond donors (Lipinski definition) is 1. The topological polar surface area (TPSA) is 86.4 Å².